The summed E-state index contributed by atoms with van der Waals surface area (Å²) >= 11 is 0. The minimum atomic E-state index is 0.364. The Morgan fingerprint density at radius 3 is 2.83 bits per heavy atom. The molecular weight excluding hydrogens is 148 g/mol. The maximum absolute atomic E-state index is 5.90. The van der Waals surface area contributed by atoms with Gasteiger partial charge in [-0.05, 0) is 26.7 Å². The van der Waals surface area contributed by atoms with Crippen LogP contribution in [-0.4, -0.2) is 29.6 Å². The van der Waals surface area contributed by atoms with Gasteiger partial charge in [0.05, 0.1) is 0 Å². The standard InChI is InChI=1S/C10H20N2/c1-4-8(2)12-7-10(11)6-5-9(12)3/h4,8-10H,1,5-7,11H2,2-3H3. The van der Waals surface area contributed by atoms with E-state index in [-0.39, 0.29) is 0 Å². The quantitative estimate of drug-likeness (QED) is 0.631. The number of hydrogen-bond donors (Lipinski definition) is 1. The third kappa shape index (κ3) is 2.08. The highest BCUT2D eigenvalue weighted by Crippen LogP contribution is 2.18. The summed E-state index contributed by atoms with van der Waals surface area (Å²) in [5.41, 5.74) is 5.90. The van der Waals surface area contributed by atoms with Crippen LogP contribution in [0.2, 0.25) is 0 Å². The van der Waals surface area contributed by atoms with Crippen molar-refractivity contribution in [2.24, 2.45) is 5.73 Å². The first-order valence-electron chi connectivity index (χ1n) is 4.79. The van der Waals surface area contributed by atoms with Crippen molar-refractivity contribution in [2.75, 3.05) is 6.54 Å². The highest BCUT2D eigenvalue weighted by atomic mass is 15.2. The molecule has 0 spiro atoms. The molecule has 0 saturated carbocycles. The number of likely N-dealkylation sites (tertiary alicyclic amines) is 1. The van der Waals surface area contributed by atoms with E-state index >= 15 is 0 Å². The van der Waals surface area contributed by atoms with Gasteiger partial charge in [0.15, 0.2) is 0 Å². The zero-order valence-corrected chi connectivity index (χ0v) is 8.16. The lowest BCUT2D eigenvalue weighted by atomic mass is 9.98. The van der Waals surface area contributed by atoms with E-state index in [0.29, 0.717) is 18.1 Å². The second-order valence-electron chi connectivity index (χ2n) is 3.86. The second kappa shape index (κ2) is 4.06. The minimum absolute atomic E-state index is 0.364. The molecule has 12 heavy (non-hydrogen) atoms. The van der Waals surface area contributed by atoms with Gasteiger partial charge in [0.2, 0.25) is 0 Å². The van der Waals surface area contributed by atoms with E-state index in [4.69, 9.17) is 5.73 Å². The smallest absolute Gasteiger partial charge is 0.0250 e. The van der Waals surface area contributed by atoms with Crippen molar-refractivity contribution in [3.63, 3.8) is 0 Å². The van der Waals surface area contributed by atoms with Gasteiger partial charge < -0.3 is 5.73 Å². The molecule has 0 aromatic heterocycles. The monoisotopic (exact) mass is 168 g/mol. The molecule has 70 valence electrons. The van der Waals surface area contributed by atoms with Crippen molar-refractivity contribution >= 4 is 0 Å². The predicted octanol–water partition coefficient (Wildman–Crippen LogP) is 1.37. The fraction of sp³-hybridized carbons (Fsp3) is 0.800. The van der Waals surface area contributed by atoms with Crippen molar-refractivity contribution in [1.82, 2.24) is 4.90 Å². The van der Waals surface area contributed by atoms with E-state index < -0.39 is 0 Å². The topological polar surface area (TPSA) is 29.3 Å². The van der Waals surface area contributed by atoms with Crippen LogP contribution in [0.15, 0.2) is 12.7 Å². The average Bonchev–Trinajstić information content (AvgIpc) is 2.08. The Hall–Kier alpha value is -0.340. The molecular formula is C10H20N2. The number of piperidine rings is 1. The maximum atomic E-state index is 5.90. The van der Waals surface area contributed by atoms with Gasteiger partial charge in [-0.3, -0.25) is 4.90 Å². The predicted molar refractivity (Wildman–Crippen MR) is 53.0 cm³/mol. The molecule has 1 aliphatic rings. The Bertz CT molecular complexity index is 156. The van der Waals surface area contributed by atoms with Crippen LogP contribution < -0.4 is 5.73 Å². The van der Waals surface area contributed by atoms with E-state index in [9.17, 15) is 0 Å². The number of nitrogens with two attached hydrogens (primary N) is 1. The van der Waals surface area contributed by atoms with Crippen LogP contribution in [0.3, 0.4) is 0 Å². The summed E-state index contributed by atoms with van der Waals surface area (Å²) in [6, 6.07) is 1.49. The van der Waals surface area contributed by atoms with Gasteiger partial charge in [0.25, 0.3) is 0 Å². The molecule has 0 radical (unpaired) electrons. The summed E-state index contributed by atoms with van der Waals surface area (Å²) in [6.07, 6.45) is 4.38. The molecule has 0 amide bonds. The van der Waals surface area contributed by atoms with Crippen LogP contribution in [-0.2, 0) is 0 Å². The average molecular weight is 168 g/mol. The lowest BCUT2D eigenvalue weighted by molar-refractivity contribution is 0.123. The van der Waals surface area contributed by atoms with Crippen LogP contribution >= 0.6 is 0 Å². The van der Waals surface area contributed by atoms with E-state index in [1.807, 2.05) is 6.08 Å². The van der Waals surface area contributed by atoms with Gasteiger partial charge in [-0.1, -0.05) is 6.08 Å². The molecule has 2 N–H and O–H groups in total. The van der Waals surface area contributed by atoms with Gasteiger partial charge in [0.1, 0.15) is 0 Å². The molecule has 2 heteroatoms. The minimum Gasteiger partial charge on any atom is -0.327 e. The highest BCUT2D eigenvalue weighted by Gasteiger charge is 2.25. The molecule has 3 unspecified atom stereocenters. The number of hydrogen-bond acceptors (Lipinski definition) is 2. The highest BCUT2D eigenvalue weighted by molar-refractivity contribution is 4.91. The Labute approximate surface area is 75.4 Å². The van der Waals surface area contributed by atoms with Gasteiger partial charge in [-0.15, -0.1) is 6.58 Å². The van der Waals surface area contributed by atoms with Crippen LogP contribution in [0.4, 0.5) is 0 Å². The normalized spacial score (nSPS) is 34.6. The zero-order chi connectivity index (χ0) is 9.14. The third-order valence-electron chi connectivity index (χ3n) is 2.83. The molecule has 3 atom stereocenters. The van der Waals surface area contributed by atoms with Crippen LogP contribution in [0.1, 0.15) is 26.7 Å². The first kappa shape index (κ1) is 9.75. The van der Waals surface area contributed by atoms with E-state index in [1.54, 1.807) is 0 Å². The van der Waals surface area contributed by atoms with Crippen molar-refractivity contribution in [3.05, 3.63) is 12.7 Å². The molecule has 0 aromatic carbocycles. The fourth-order valence-corrected chi connectivity index (χ4v) is 1.87. The van der Waals surface area contributed by atoms with Crippen LogP contribution in [0.5, 0.6) is 0 Å². The molecule has 2 nitrogen and oxygen atoms in total. The largest absolute Gasteiger partial charge is 0.327 e. The maximum Gasteiger partial charge on any atom is 0.0250 e. The van der Waals surface area contributed by atoms with E-state index in [0.717, 1.165) is 6.54 Å². The molecule has 1 heterocycles. The summed E-state index contributed by atoms with van der Waals surface area (Å²) in [4.78, 5) is 2.43. The lowest BCUT2D eigenvalue weighted by Gasteiger charge is -2.39. The molecule has 1 fully saturated rings. The Morgan fingerprint density at radius 1 is 1.58 bits per heavy atom. The van der Waals surface area contributed by atoms with Crippen LogP contribution in [0.25, 0.3) is 0 Å². The first-order valence-corrected chi connectivity index (χ1v) is 4.79. The van der Waals surface area contributed by atoms with E-state index in [2.05, 4.69) is 25.3 Å². The Kier molecular flexibility index (Phi) is 3.29. The number of rotatable bonds is 2. The SMILES string of the molecule is C=CC(C)N1CC(N)CCC1C. The third-order valence-corrected chi connectivity index (χ3v) is 2.83. The first-order chi connectivity index (χ1) is 5.65. The summed E-state index contributed by atoms with van der Waals surface area (Å²) in [5, 5.41) is 0. The summed E-state index contributed by atoms with van der Waals surface area (Å²) in [7, 11) is 0. The molecule has 1 saturated heterocycles. The summed E-state index contributed by atoms with van der Waals surface area (Å²) in [5.74, 6) is 0. The van der Waals surface area contributed by atoms with Crippen molar-refractivity contribution in [2.45, 2.75) is 44.8 Å². The van der Waals surface area contributed by atoms with Crippen molar-refractivity contribution in [1.29, 1.82) is 0 Å². The Morgan fingerprint density at radius 2 is 2.25 bits per heavy atom. The van der Waals surface area contributed by atoms with Crippen LogP contribution in [0, 0.1) is 0 Å². The zero-order valence-electron chi connectivity index (χ0n) is 8.16. The van der Waals surface area contributed by atoms with Gasteiger partial charge in [-0.25, -0.2) is 0 Å². The molecule has 1 rings (SSSR count). The van der Waals surface area contributed by atoms with Crippen molar-refractivity contribution < 1.29 is 0 Å². The summed E-state index contributed by atoms with van der Waals surface area (Å²) in [6.45, 7) is 9.29. The molecule has 0 bridgehead atoms. The fourth-order valence-electron chi connectivity index (χ4n) is 1.87. The summed E-state index contributed by atoms with van der Waals surface area (Å²) < 4.78 is 0. The lowest BCUT2D eigenvalue weighted by Crippen LogP contribution is -2.50. The number of nitrogens with zero attached hydrogens (tertiary/aromatic N) is 1. The van der Waals surface area contributed by atoms with E-state index in [1.165, 1.54) is 12.8 Å². The molecule has 0 aliphatic carbocycles. The molecule has 0 aromatic rings. The van der Waals surface area contributed by atoms with Crippen molar-refractivity contribution in [3.8, 4) is 0 Å². The van der Waals surface area contributed by atoms with Gasteiger partial charge in [0, 0.05) is 24.7 Å². The van der Waals surface area contributed by atoms with Gasteiger partial charge in [-0.2, -0.15) is 0 Å². The van der Waals surface area contributed by atoms with Gasteiger partial charge >= 0.3 is 0 Å². The molecule has 1 aliphatic heterocycles. The Balaban J connectivity index is 2.53. The second-order valence-corrected chi connectivity index (χ2v) is 3.86.